The Morgan fingerprint density at radius 1 is 1.43 bits per heavy atom. The quantitative estimate of drug-likeness (QED) is 0.816. The van der Waals surface area contributed by atoms with Crippen molar-refractivity contribution < 1.29 is 14.3 Å². The van der Waals surface area contributed by atoms with Crippen molar-refractivity contribution in [3.8, 4) is 5.75 Å². The Morgan fingerprint density at radius 3 is 2.86 bits per heavy atom. The number of hydrogen-bond acceptors (Lipinski definition) is 4. The first-order valence-corrected chi connectivity index (χ1v) is 7.54. The predicted octanol–water partition coefficient (Wildman–Crippen LogP) is 2.17. The van der Waals surface area contributed by atoms with Crippen molar-refractivity contribution in [2.45, 2.75) is 20.3 Å². The molecule has 1 aliphatic heterocycles. The second kappa shape index (κ2) is 7.31. The molecule has 1 aromatic rings. The van der Waals surface area contributed by atoms with Crippen LogP contribution in [-0.2, 0) is 4.74 Å². The molecule has 1 fully saturated rings. The minimum Gasteiger partial charge on any atom is -0.494 e. The Morgan fingerprint density at radius 2 is 2.24 bits per heavy atom. The van der Waals surface area contributed by atoms with Gasteiger partial charge in [-0.3, -0.25) is 4.79 Å². The summed E-state index contributed by atoms with van der Waals surface area (Å²) in [6.07, 6.45) is 1.02. The molecular formula is C16H24N2O3. The van der Waals surface area contributed by atoms with Crippen LogP contribution < -0.4 is 10.5 Å². The van der Waals surface area contributed by atoms with Crippen LogP contribution >= 0.6 is 0 Å². The number of carbonyl (C=O) groups is 1. The highest BCUT2D eigenvalue weighted by Crippen LogP contribution is 2.21. The second-order valence-electron chi connectivity index (χ2n) is 5.30. The summed E-state index contributed by atoms with van der Waals surface area (Å²) in [6, 6.07) is 5.20. The molecule has 21 heavy (non-hydrogen) atoms. The zero-order chi connectivity index (χ0) is 15.2. The molecule has 1 heterocycles. The number of amides is 1. The molecule has 0 aromatic heterocycles. The molecule has 1 atom stereocenters. The minimum absolute atomic E-state index is 0.00217. The standard InChI is InChI=1S/C16H24N2O3/c1-3-18(10-12-5-6-20-11-12)16(19)13-7-14(17)9-15(8-13)21-4-2/h7-9,12H,3-6,10-11,17H2,1-2H3. The van der Waals surface area contributed by atoms with Gasteiger partial charge in [-0.1, -0.05) is 0 Å². The van der Waals surface area contributed by atoms with Gasteiger partial charge in [-0.25, -0.2) is 0 Å². The van der Waals surface area contributed by atoms with Gasteiger partial charge < -0.3 is 20.1 Å². The van der Waals surface area contributed by atoms with Crippen LogP contribution in [0.3, 0.4) is 0 Å². The highest BCUT2D eigenvalue weighted by atomic mass is 16.5. The average Bonchev–Trinajstić information content (AvgIpc) is 2.96. The van der Waals surface area contributed by atoms with E-state index in [2.05, 4.69) is 0 Å². The first kappa shape index (κ1) is 15.6. The predicted molar refractivity (Wildman–Crippen MR) is 82.5 cm³/mol. The molecule has 2 N–H and O–H groups in total. The smallest absolute Gasteiger partial charge is 0.254 e. The van der Waals surface area contributed by atoms with E-state index in [0.29, 0.717) is 36.1 Å². The van der Waals surface area contributed by atoms with Gasteiger partial charge >= 0.3 is 0 Å². The highest BCUT2D eigenvalue weighted by molar-refractivity contribution is 5.95. The summed E-state index contributed by atoms with van der Waals surface area (Å²) in [5, 5.41) is 0. The lowest BCUT2D eigenvalue weighted by molar-refractivity contribution is 0.0730. The Labute approximate surface area is 126 Å². The van der Waals surface area contributed by atoms with Crippen molar-refractivity contribution in [2.24, 2.45) is 5.92 Å². The zero-order valence-electron chi connectivity index (χ0n) is 12.8. The lowest BCUT2D eigenvalue weighted by Crippen LogP contribution is -2.35. The van der Waals surface area contributed by atoms with E-state index in [-0.39, 0.29) is 5.91 Å². The number of anilines is 1. The number of carbonyl (C=O) groups excluding carboxylic acids is 1. The number of benzene rings is 1. The number of ether oxygens (including phenoxy) is 2. The molecule has 0 saturated carbocycles. The van der Waals surface area contributed by atoms with Gasteiger partial charge in [-0.15, -0.1) is 0 Å². The zero-order valence-corrected chi connectivity index (χ0v) is 12.8. The topological polar surface area (TPSA) is 64.8 Å². The molecular weight excluding hydrogens is 268 g/mol. The van der Waals surface area contributed by atoms with Crippen molar-refractivity contribution in [2.75, 3.05) is 38.6 Å². The summed E-state index contributed by atoms with van der Waals surface area (Å²) in [5.41, 5.74) is 6.99. The number of hydrogen-bond donors (Lipinski definition) is 1. The van der Waals surface area contributed by atoms with Gasteiger partial charge in [-0.2, -0.15) is 0 Å². The summed E-state index contributed by atoms with van der Waals surface area (Å²) in [4.78, 5) is 14.5. The van der Waals surface area contributed by atoms with E-state index in [1.165, 1.54) is 0 Å². The van der Waals surface area contributed by atoms with Gasteiger partial charge in [0, 0.05) is 42.9 Å². The van der Waals surface area contributed by atoms with Crippen molar-refractivity contribution >= 4 is 11.6 Å². The molecule has 5 heteroatoms. The molecule has 5 nitrogen and oxygen atoms in total. The number of nitrogens with two attached hydrogens (primary N) is 1. The van der Waals surface area contributed by atoms with Crippen LogP contribution in [0, 0.1) is 5.92 Å². The van der Waals surface area contributed by atoms with E-state index in [1.807, 2.05) is 18.7 Å². The third-order valence-electron chi connectivity index (χ3n) is 3.66. The van der Waals surface area contributed by atoms with Gasteiger partial charge in [0.05, 0.1) is 13.2 Å². The van der Waals surface area contributed by atoms with Crippen LogP contribution in [0.4, 0.5) is 5.69 Å². The first-order chi connectivity index (χ1) is 10.1. The van der Waals surface area contributed by atoms with Crippen molar-refractivity contribution in [3.05, 3.63) is 23.8 Å². The maximum atomic E-state index is 12.6. The Hall–Kier alpha value is -1.75. The summed E-state index contributed by atoms with van der Waals surface area (Å²) in [7, 11) is 0. The van der Waals surface area contributed by atoms with Gasteiger partial charge in [0.1, 0.15) is 5.75 Å². The summed E-state index contributed by atoms with van der Waals surface area (Å²) in [5.74, 6) is 1.07. The fourth-order valence-corrected chi connectivity index (χ4v) is 2.57. The lowest BCUT2D eigenvalue weighted by Gasteiger charge is -2.24. The molecule has 1 unspecified atom stereocenters. The fraction of sp³-hybridized carbons (Fsp3) is 0.562. The second-order valence-corrected chi connectivity index (χ2v) is 5.30. The van der Waals surface area contributed by atoms with Gasteiger partial charge in [0.25, 0.3) is 5.91 Å². The Bertz CT molecular complexity index is 484. The Balaban J connectivity index is 2.12. The van der Waals surface area contributed by atoms with E-state index in [4.69, 9.17) is 15.2 Å². The third kappa shape index (κ3) is 4.11. The maximum Gasteiger partial charge on any atom is 0.254 e. The van der Waals surface area contributed by atoms with Crippen LogP contribution in [-0.4, -0.2) is 43.7 Å². The van der Waals surface area contributed by atoms with Gasteiger partial charge in [-0.05, 0) is 32.4 Å². The van der Waals surface area contributed by atoms with E-state index >= 15 is 0 Å². The monoisotopic (exact) mass is 292 g/mol. The molecule has 0 bridgehead atoms. The summed E-state index contributed by atoms with van der Waals surface area (Å²) in [6.45, 7) is 7.39. The molecule has 116 valence electrons. The maximum absolute atomic E-state index is 12.6. The first-order valence-electron chi connectivity index (χ1n) is 7.54. The van der Waals surface area contributed by atoms with Crippen LogP contribution in [0.25, 0.3) is 0 Å². The van der Waals surface area contributed by atoms with Gasteiger partial charge in [0.2, 0.25) is 0 Å². The number of nitrogen functional groups attached to an aromatic ring is 1. The minimum atomic E-state index is -0.00217. The molecule has 1 aromatic carbocycles. The molecule has 0 aliphatic carbocycles. The summed E-state index contributed by atoms with van der Waals surface area (Å²) < 4.78 is 10.8. The average molecular weight is 292 g/mol. The third-order valence-corrected chi connectivity index (χ3v) is 3.66. The van der Waals surface area contributed by atoms with Crippen LogP contribution in [0.15, 0.2) is 18.2 Å². The van der Waals surface area contributed by atoms with Crippen LogP contribution in [0.1, 0.15) is 30.6 Å². The van der Waals surface area contributed by atoms with Crippen LogP contribution in [0.2, 0.25) is 0 Å². The molecule has 1 saturated heterocycles. The van der Waals surface area contributed by atoms with E-state index in [1.54, 1.807) is 18.2 Å². The number of rotatable bonds is 6. The Kier molecular flexibility index (Phi) is 5.44. The SMILES string of the molecule is CCOc1cc(N)cc(C(=O)N(CC)CC2CCOC2)c1. The normalized spacial score (nSPS) is 17.7. The largest absolute Gasteiger partial charge is 0.494 e. The molecule has 0 radical (unpaired) electrons. The molecule has 1 amide bonds. The fourth-order valence-electron chi connectivity index (χ4n) is 2.57. The molecule has 2 rings (SSSR count). The number of nitrogens with zero attached hydrogens (tertiary/aromatic N) is 1. The van der Waals surface area contributed by atoms with E-state index in [0.717, 1.165) is 26.2 Å². The molecule has 0 spiro atoms. The van der Waals surface area contributed by atoms with Gasteiger partial charge in [0.15, 0.2) is 0 Å². The van der Waals surface area contributed by atoms with E-state index < -0.39 is 0 Å². The van der Waals surface area contributed by atoms with Crippen molar-refractivity contribution in [1.82, 2.24) is 4.90 Å². The van der Waals surface area contributed by atoms with E-state index in [9.17, 15) is 4.79 Å². The van der Waals surface area contributed by atoms with Crippen molar-refractivity contribution in [1.29, 1.82) is 0 Å². The van der Waals surface area contributed by atoms with Crippen LogP contribution in [0.5, 0.6) is 5.75 Å². The lowest BCUT2D eigenvalue weighted by atomic mass is 10.1. The highest BCUT2D eigenvalue weighted by Gasteiger charge is 2.22. The molecule has 1 aliphatic rings. The van der Waals surface area contributed by atoms with Crippen molar-refractivity contribution in [3.63, 3.8) is 0 Å². The summed E-state index contributed by atoms with van der Waals surface area (Å²) >= 11 is 0.